The van der Waals surface area contributed by atoms with E-state index in [0.29, 0.717) is 26.2 Å². The maximum Gasteiger partial charge on any atom is 0.762 e. The number of hydrogen-bond acceptors (Lipinski definition) is 11. The van der Waals surface area contributed by atoms with E-state index in [-0.39, 0.29) is 57.9 Å². The first-order valence-electron chi connectivity index (χ1n) is 28.2. The summed E-state index contributed by atoms with van der Waals surface area (Å²) in [6, 6.07) is 56.3. The number of carbonyl (C=O) groups is 1. The maximum atomic E-state index is 11.0. The van der Waals surface area contributed by atoms with Crippen LogP contribution in [0.5, 0.6) is 0 Å². The van der Waals surface area contributed by atoms with Gasteiger partial charge in [0, 0.05) is 79.2 Å². The minimum absolute atomic E-state index is 0. The van der Waals surface area contributed by atoms with Crippen LogP contribution in [0.1, 0.15) is 23.6 Å². The fraction of sp³-hybridized carbons (Fsp3) is 0.159. The van der Waals surface area contributed by atoms with Crippen molar-refractivity contribution in [2.24, 2.45) is 0 Å². The number of nitrogens with zero attached hydrogens (tertiary/aromatic N) is 6. The summed E-state index contributed by atoms with van der Waals surface area (Å²) < 4.78 is 40.3. The molecular weight excluding hydrogens is 1340 g/mol. The number of fused-ring (bicyclic) bond motifs is 6. The number of halogens is 6. The number of benzene rings is 6. The van der Waals surface area contributed by atoms with Gasteiger partial charge in [0.1, 0.15) is 12.7 Å². The second-order valence-electron chi connectivity index (χ2n) is 20.0. The molecule has 466 valence electrons. The van der Waals surface area contributed by atoms with Crippen molar-refractivity contribution in [1.29, 1.82) is 0 Å². The lowest BCUT2D eigenvalue weighted by Gasteiger charge is -2.12. The van der Waals surface area contributed by atoms with E-state index in [4.69, 9.17) is 9.84 Å². The van der Waals surface area contributed by atoms with E-state index in [1.54, 1.807) is 35.3 Å². The van der Waals surface area contributed by atoms with Gasteiger partial charge in [0.25, 0.3) is 0 Å². The number of thioether (sulfide) groups is 3. The van der Waals surface area contributed by atoms with Crippen LogP contribution in [0, 0.1) is 0 Å². The fourth-order valence-electron chi connectivity index (χ4n) is 10.1. The summed E-state index contributed by atoms with van der Waals surface area (Å²) in [5, 5.41) is 35.3. The van der Waals surface area contributed by atoms with Crippen molar-refractivity contribution in [1.82, 2.24) is 0 Å². The molecule has 0 bridgehead atoms. The Kier molecular flexibility index (Phi) is 28.0. The predicted octanol–water partition coefficient (Wildman–Crippen LogP) is 4.47. The summed E-state index contributed by atoms with van der Waals surface area (Å²) in [7, 11) is 2.63. The van der Waals surface area contributed by atoms with Crippen molar-refractivity contribution in [2.45, 2.75) is 47.3 Å². The highest BCUT2D eigenvalue weighted by molar-refractivity contribution is 8.04. The molecular formula is C69H67BBr2F4N6O5S3. The van der Waals surface area contributed by atoms with Crippen molar-refractivity contribution in [3.8, 4) is 0 Å². The Bertz CT molecular complexity index is 4100. The summed E-state index contributed by atoms with van der Waals surface area (Å²) in [6.07, 6.45) is 24.4. The topological polar surface area (TPSA) is 108 Å². The number of aromatic nitrogens is 3. The monoisotopic (exact) mass is 1400 g/mol. The number of esters is 1. The number of para-hydroxylation sites is 6. The summed E-state index contributed by atoms with van der Waals surface area (Å²) >= 11 is 5.36. The van der Waals surface area contributed by atoms with Crippen LogP contribution in [-0.4, -0.2) is 75.9 Å². The highest BCUT2D eigenvalue weighted by Gasteiger charge is 2.24. The largest absolute Gasteiger partial charge is 1.00 e. The molecule has 3 N–H and O–H groups in total. The van der Waals surface area contributed by atoms with Crippen LogP contribution >= 0.6 is 35.3 Å². The van der Waals surface area contributed by atoms with Crippen LogP contribution in [-0.2, 0) is 29.2 Å². The number of carbonyl (C=O) groups excluding carboxylic acids is 1. The van der Waals surface area contributed by atoms with Crippen molar-refractivity contribution < 1.29 is 90.2 Å². The Balaban J connectivity index is 0.000000205. The average Bonchev–Trinajstić information content (AvgIpc) is 1.80. The van der Waals surface area contributed by atoms with E-state index < -0.39 is 13.6 Å². The minimum atomic E-state index is -3.67. The number of hydrogen-bond donors (Lipinski definition) is 3. The van der Waals surface area contributed by atoms with Crippen molar-refractivity contribution in [2.75, 3.05) is 55.7 Å². The number of pyridine rings is 3. The van der Waals surface area contributed by atoms with Gasteiger partial charge >= 0.3 is 13.5 Å². The number of allylic oxidation sites excluding steroid dienone is 6. The van der Waals surface area contributed by atoms with Gasteiger partial charge in [0.05, 0.1) is 54.9 Å². The summed E-state index contributed by atoms with van der Waals surface area (Å²) in [5.74, 6) is -0.251. The lowest BCUT2D eigenvalue weighted by molar-refractivity contribution is -0.678. The van der Waals surface area contributed by atoms with Crippen LogP contribution in [0.3, 0.4) is 0 Å². The average molecular weight is 1400 g/mol. The molecule has 0 fully saturated rings. The van der Waals surface area contributed by atoms with Crippen LogP contribution < -0.4 is 67.1 Å². The summed E-state index contributed by atoms with van der Waals surface area (Å²) in [5.41, 5.74) is 10.5. The van der Waals surface area contributed by atoms with Crippen molar-refractivity contribution >= 4 is 117 Å². The second kappa shape index (κ2) is 35.2. The number of ether oxygens (including phenoxy) is 1. The number of aliphatic hydroxyl groups excluding tert-OH is 3. The zero-order chi connectivity index (χ0) is 61.2. The molecule has 12 rings (SSSR count). The Morgan fingerprint density at radius 1 is 0.522 bits per heavy atom. The van der Waals surface area contributed by atoms with Gasteiger partial charge in [-0.2, -0.15) is 13.7 Å². The van der Waals surface area contributed by atoms with Crippen molar-refractivity contribution in [3.63, 3.8) is 0 Å². The van der Waals surface area contributed by atoms with Gasteiger partial charge in [0.15, 0.2) is 44.8 Å². The molecule has 6 aromatic carbocycles. The van der Waals surface area contributed by atoms with E-state index >= 15 is 0 Å². The predicted molar refractivity (Wildman–Crippen MR) is 352 cm³/mol. The molecule has 90 heavy (non-hydrogen) atoms. The highest BCUT2D eigenvalue weighted by atomic mass is 79.9. The smallest absolute Gasteiger partial charge is 0.762 e. The third-order valence-corrected chi connectivity index (χ3v) is 17.9. The van der Waals surface area contributed by atoms with E-state index in [2.05, 4.69) is 221 Å². The van der Waals surface area contributed by atoms with E-state index in [1.807, 2.05) is 65.6 Å². The third-order valence-electron chi connectivity index (χ3n) is 14.3. The highest BCUT2D eigenvalue weighted by Crippen LogP contribution is 2.46. The molecule has 9 aromatic rings. The summed E-state index contributed by atoms with van der Waals surface area (Å²) in [6.45, 7) is 3.30. The number of anilines is 3. The molecule has 21 heteroatoms. The van der Waals surface area contributed by atoms with Crippen LogP contribution in [0.2, 0.25) is 0 Å². The van der Waals surface area contributed by atoms with Gasteiger partial charge in [0.2, 0.25) is 16.6 Å². The quantitative estimate of drug-likeness (QED) is 0.0622. The molecule has 0 spiro atoms. The number of aliphatic hydroxyl groups is 3. The SMILES string of the molecule is CC(=O)OCC[n+]1ccc(C=CC=C2Sc3ccccc3N2C)c2ccccc21.CN1C(=CC=Cc2cc[n+](CC(O)CO)c3ccccc23)Sc2ccccc21.CN1C(=CC=Cc2cc[n+](CCO)c3ccccc23)Sc2ccccc21.FB(F)F.[Br-].[Br-].[F-]. The lowest BCUT2D eigenvalue weighted by atomic mass is 10.1. The Morgan fingerprint density at radius 3 is 1.19 bits per heavy atom. The van der Waals surface area contributed by atoms with E-state index in [1.165, 1.54) is 70.1 Å². The van der Waals surface area contributed by atoms with Gasteiger partial charge in [-0.25, -0.2) is 0 Å². The van der Waals surface area contributed by atoms with Crippen LogP contribution in [0.4, 0.5) is 30.0 Å². The molecule has 3 aliphatic heterocycles. The molecule has 0 saturated heterocycles. The molecule has 0 saturated carbocycles. The Labute approximate surface area is 556 Å². The maximum absolute atomic E-state index is 11.0. The van der Waals surface area contributed by atoms with Gasteiger partial charge in [-0.15, -0.1) is 0 Å². The first-order valence-corrected chi connectivity index (χ1v) is 30.6. The van der Waals surface area contributed by atoms with E-state index in [9.17, 15) is 28.0 Å². The van der Waals surface area contributed by atoms with Crippen molar-refractivity contribution in [3.05, 3.63) is 251 Å². The molecule has 6 heterocycles. The molecule has 11 nitrogen and oxygen atoms in total. The van der Waals surface area contributed by atoms with Gasteiger partial charge in [-0.3, -0.25) is 17.7 Å². The molecule has 1 atom stereocenters. The molecule has 0 aliphatic carbocycles. The normalized spacial score (nSPS) is 14.5. The minimum Gasteiger partial charge on any atom is -1.00 e. The Hall–Kier alpha value is -7.47. The zero-order valence-corrected chi connectivity index (χ0v) is 55.4. The molecule has 3 aliphatic rings. The van der Waals surface area contributed by atoms with Gasteiger partial charge < -0.3 is 73.4 Å². The molecule has 0 amide bonds. The first kappa shape index (κ1) is 71.6. The second-order valence-corrected chi connectivity index (χ2v) is 23.2. The standard InChI is InChI=1S/C24H23N2O2S.C23H23N2O2S.C22H21N2OS.BF3.2BrH.FH/c1-18(27)28-17-16-26-15-14-19(20-9-3-4-10-21(20)26)8-7-13-24-25(2)22-11-5-6-12-23(22)29-24;1-24-21-10-4-5-11-22(21)28-23(24)12-6-7-17-13-14-25(15-18(27)16-26)20-9-3-2-8-19(17)20;1-23-20-10-4-5-11-21(20)26-22(23)12-6-7-17-13-14-24(15-16-25)19-9-3-2-8-18(17)19;2-1(3)4;;;/h3-15H,16-17H2,1-2H3;2-14,18,26-27H,15-16H2,1H3;2-14,25H,15-16H2,1H3;;3*1H/q3*+1;;;;/p-3. The Morgan fingerprint density at radius 2 is 0.844 bits per heavy atom. The fourth-order valence-corrected chi connectivity index (χ4v) is 13.3. The first-order chi connectivity index (χ1) is 42.3. The zero-order valence-electron chi connectivity index (χ0n) is 49.7. The molecule has 3 aromatic heterocycles. The van der Waals surface area contributed by atoms with Gasteiger partial charge in [-0.05, 0) is 89.5 Å². The number of rotatable bonds is 14. The third kappa shape index (κ3) is 18.4. The lowest BCUT2D eigenvalue weighted by Crippen LogP contribution is -3.00. The van der Waals surface area contributed by atoms with E-state index in [0.717, 1.165) is 33.1 Å². The molecule has 0 radical (unpaired) electrons. The van der Waals surface area contributed by atoms with Crippen LogP contribution in [0.15, 0.2) is 249 Å². The summed E-state index contributed by atoms with van der Waals surface area (Å²) in [4.78, 5) is 21.5. The van der Waals surface area contributed by atoms with Crippen LogP contribution in [0.25, 0.3) is 50.9 Å². The molecule has 1 unspecified atom stereocenters. The van der Waals surface area contributed by atoms with Gasteiger partial charge in [-0.1, -0.05) is 145 Å².